The normalized spacial score (nSPS) is 13.5. The molecule has 0 saturated carbocycles. The molecule has 0 saturated heterocycles. The number of likely N-dealkylation sites (N-methyl/N-ethyl adjacent to an activating group) is 1. The molecule has 1 aliphatic rings. The molecular weight excluding hydrogens is 303 g/mol. The maximum Gasteiger partial charge on any atom is 0.264 e. The summed E-state index contributed by atoms with van der Waals surface area (Å²) in [6, 6.07) is 6.78. The van der Waals surface area contributed by atoms with Gasteiger partial charge in [-0.1, -0.05) is 0 Å². The lowest BCUT2D eigenvalue weighted by Gasteiger charge is -2.26. The second-order valence-corrected chi connectivity index (χ2v) is 5.16. The van der Waals surface area contributed by atoms with Crippen LogP contribution in [0.3, 0.4) is 0 Å². The van der Waals surface area contributed by atoms with Crippen LogP contribution in [0.4, 0.5) is 10.1 Å². The third-order valence-electron chi connectivity index (χ3n) is 3.63. The molecule has 0 unspecified atom stereocenters. The number of carbonyl (C=O) groups excluding carboxylic acids is 2. The number of hydrogen-bond donors (Lipinski definition) is 0. The van der Waals surface area contributed by atoms with Gasteiger partial charge in [0.05, 0.1) is 12.2 Å². The lowest BCUT2D eigenvalue weighted by Crippen LogP contribution is -2.35. The summed E-state index contributed by atoms with van der Waals surface area (Å²) < 4.78 is 19.5. The fraction of sp³-hybridized carbons (Fsp3) is 0.188. The highest BCUT2D eigenvalue weighted by Crippen LogP contribution is 2.32. The Bertz CT molecular complexity index is 859. The topological polar surface area (TPSA) is 68.6 Å². The molecule has 0 N–H and O–H groups in total. The van der Waals surface area contributed by atoms with Crippen LogP contribution >= 0.6 is 0 Å². The number of nitrogens with zero attached hydrogens (tertiary/aromatic N) is 2. The molecule has 0 aliphatic carbocycles. The van der Waals surface area contributed by atoms with E-state index < -0.39 is 11.4 Å². The van der Waals surface area contributed by atoms with Crippen molar-refractivity contribution in [2.24, 2.45) is 0 Å². The van der Waals surface area contributed by atoms with E-state index in [4.69, 9.17) is 4.74 Å². The van der Waals surface area contributed by atoms with Crippen LogP contribution in [0.25, 0.3) is 0 Å². The number of ether oxygens (including phenoxy) is 1. The zero-order valence-electron chi connectivity index (χ0n) is 12.3. The molecule has 7 heteroatoms. The number of fused-ring (bicyclic) bond motifs is 1. The van der Waals surface area contributed by atoms with Gasteiger partial charge in [-0.25, -0.2) is 4.39 Å². The number of hydrogen-bond acceptors (Lipinski definition) is 4. The maximum absolute atomic E-state index is 13.2. The molecule has 23 heavy (non-hydrogen) atoms. The lowest BCUT2D eigenvalue weighted by molar-refractivity contribution is -0.120. The van der Waals surface area contributed by atoms with Gasteiger partial charge in [-0.2, -0.15) is 0 Å². The van der Waals surface area contributed by atoms with Gasteiger partial charge in [0.2, 0.25) is 0 Å². The van der Waals surface area contributed by atoms with Crippen molar-refractivity contribution in [1.82, 2.24) is 4.57 Å². The molecule has 6 nitrogen and oxygen atoms in total. The summed E-state index contributed by atoms with van der Waals surface area (Å²) in [7, 11) is 1.59. The van der Waals surface area contributed by atoms with Crippen LogP contribution in [0, 0.1) is 5.82 Å². The Balaban J connectivity index is 1.90. The first-order valence-electron chi connectivity index (χ1n) is 6.88. The Morgan fingerprint density at radius 1 is 1.26 bits per heavy atom. The van der Waals surface area contributed by atoms with E-state index >= 15 is 0 Å². The summed E-state index contributed by atoms with van der Waals surface area (Å²) in [5, 5.41) is 0. The second-order valence-electron chi connectivity index (χ2n) is 5.16. The van der Waals surface area contributed by atoms with Crippen molar-refractivity contribution in [3.8, 4) is 5.75 Å². The number of halogens is 1. The number of amides is 1. The van der Waals surface area contributed by atoms with E-state index in [1.54, 1.807) is 19.2 Å². The van der Waals surface area contributed by atoms with Gasteiger partial charge >= 0.3 is 0 Å². The second kappa shape index (κ2) is 5.68. The third-order valence-corrected chi connectivity index (χ3v) is 3.63. The van der Waals surface area contributed by atoms with Crippen LogP contribution in [-0.4, -0.2) is 29.9 Å². The van der Waals surface area contributed by atoms with Crippen LogP contribution < -0.4 is 15.2 Å². The Morgan fingerprint density at radius 3 is 2.83 bits per heavy atom. The number of ketones is 1. The van der Waals surface area contributed by atoms with Crippen LogP contribution in [0.2, 0.25) is 0 Å². The smallest absolute Gasteiger partial charge is 0.264 e. The van der Waals surface area contributed by atoms with Gasteiger partial charge in [-0.05, 0) is 24.3 Å². The minimum absolute atomic E-state index is 0.0462. The van der Waals surface area contributed by atoms with E-state index in [0.717, 1.165) is 22.9 Å². The molecule has 3 rings (SSSR count). The number of Topliss-reactive ketones (excluding diaryl/α,β-unsaturated/α-hetero) is 1. The molecule has 0 spiro atoms. The molecule has 1 amide bonds. The number of carbonyl (C=O) groups is 2. The predicted octanol–water partition coefficient (Wildman–Crippen LogP) is 1.23. The molecule has 2 aromatic rings. The van der Waals surface area contributed by atoms with Gasteiger partial charge in [0.15, 0.2) is 12.4 Å². The van der Waals surface area contributed by atoms with Crippen LogP contribution in [0.15, 0.2) is 41.3 Å². The molecule has 0 fully saturated rings. The Hall–Kier alpha value is -2.96. The highest BCUT2D eigenvalue weighted by molar-refractivity contribution is 6.01. The summed E-state index contributed by atoms with van der Waals surface area (Å²) in [5.74, 6) is -0.677. The number of benzene rings is 1. The standard InChI is InChI=1S/C16H13FN2O4/c1-18-12-6-10(2-4-14(12)23-9-16(18)22)13(20)8-19-7-11(17)3-5-15(19)21/h2-7H,8-9H2,1H3. The van der Waals surface area contributed by atoms with Gasteiger partial charge in [0.25, 0.3) is 11.5 Å². The molecule has 0 radical (unpaired) electrons. The van der Waals surface area contributed by atoms with Crippen molar-refractivity contribution in [2.75, 3.05) is 18.6 Å². The summed E-state index contributed by atoms with van der Waals surface area (Å²) in [4.78, 5) is 37.0. The van der Waals surface area contributed by atoms with E-state index in [9.17, 15) is 18.8 Å². The predicted molar refractivity (Wildman–Crippen MR) is 80.3 cm³/mol. The van der Waals surface area contributed by atoms with Gasteiger partial charge in [0.1, 0.15) is 11.6 Å². The minimum atomic E-state index is -0.596. The fourth-order valence-corrected chi connectivity index (χ4v) is 2.32. The molecule has 0 atom stereocenters. The zero-order valence-corrected chi connectivity index (χ0v) is 12.3. The monoisotopic (exact) mass is 316 g/mol. The van der Waals surface area contributed by atoms with E-state index in [1.165, 1.54) is 11.0 Å². The molecule has 0 bridgehead atoms. The number of pyridine rings is 1. The van der Waals surface area contributed by atoms with Crippen LogP contribution in [-0.2, 0) is 11.3 Å². The lowest BCUT2D eigenvalue weighted by atomic mass is 10.1. The number of rotatable bonds is 3. The van der Waals surface area contributed by atoms with Gasteiger partial charge in [0, 0.05) is 24.9 Å². The first kappa shape index (κ1) is 15.0. The minimum Gasteiger partial charge on any atom is -0.482 e. The van der Waals surface area contributed by atoms with Crippen molar-refractivity contribution in [3.05, 3.63) is 58.3 Å². The zero-order chi connectivity index (χ0) is 16.6. The Labute approximate surface area is 130 Å². The van der Waals surface area contributed by atoms with Crippen LogP contribution in [0.1, 0.15) is 10.4 Å². The average molecular weight is 316 g/mol. The molecule has 1 aliphatic heterocycles. The van der Waals surface area contributed by atoms with E-state index in [1.807, 2.05) is 0 Å². The van der Waals surface area contributed by atoms with Crippen molar-refractivity contribution in [2.45, 2.75) is 6.54 Å². The molecular formula is C16H13FN2O4. The van der Waals surface area contributed by atoms with Gasteiger partial charge in [-0.15, -0.1) is 0 Å². The molecule has 2 heterocycles. The van der Waals surface area contributed by atoms with E-state index in [-0.39, 0.29) is 24.8 Å². The maximum atomic E-state index is 13.2. The summed E-state index contributed by atoms with van der Waals surface area (Å²) in [5.41, 5.74) is 0.331. The summed E-state index contributed by atoms with van der Waals surface area (Å²) in [6.07, 6.45) is 0.984. The number of aromatic nitrogens is 1. The van der Waals surface area contributed by atoms with Crippen molar-refractivity contribution in [3.63, 3.8) is 0 Å². The molecule has 1 aromatic heterocycles. The van der Waals surface area contributed by atoms with Crippen molar-refractivity contribution >= 4 is 17.4 Å². The Kier molecular flexibility index (Phi) is 3.69. The van der Waals surface area contributed by atoms with E-state index in [0.29, 0.717) is 17.0 Å². The van der Waals surface area contributed by atoms with E-state index in [2.05, 4.69) is 0 Å². The van der Waals surface area contributed by atoms with Crippen molar-refractivity contribution in [1.29, 1.82) is 0 Å². The summed E-state index contributed by atoms with van der Waals surface area (Å²) >= 11 is 0. The fourth-order valence-electron chi connectivity index (χ4n) is 2.32. The number of anilines is 1. The first-order chi connectivity index (χ1) is 11.0. The largest absolute Gasteiger partial charge is 0.482 e. The Morgan fingerprint density at radius 2 is 2.04 bits per heavy atom. The first-order valence-corrected chi connectivity index (χ1v) is 6.88. The SMILES string of the molecule is CN1C(=O)COc2ccc(C(=O)Cn3cc(F)ccc3=O)cc21. The average Bonchev–Trinajstić information content (AvgIpc) is 2.54. The summed E-state index contributed by atoms with van der Waals surface area (Å²) in [6.45, 7) is -0.330. The van der Waals surface area contributed by atoms with Crippen LogP contribution in [0.5, 0.6) is 5.75 Å². The highest BCUT2D eigenvalue weighted by atomic mass is 19.1. The van der Waals surface area contributed by atoms with Crippen molar-refractivity contribution < 1.29 is 18.7 Å². The van der Waals surface area contributed by atoms with Gasteiger partial charge in [-0.3, -0.25) is 14.4 Å². The quantitative estimate of drug-likeness (QED) is 0.799. The molecule has 118 valence electrons. The highest BCUT2D eigenvalue weighted by Gasteiger charge is 2.23. The molecule has 1 aromatic carbocycles. The van der Waals surface area contributed by atoms with Gasteiger partial charge < -0.3 is 14.2 Å². The third kappa shape index (κ3) is 2.85.